The first-order valence-corrected chi connectivity index (χ1v) is 6.88. The molecule has 21 heavy (non-hydrogen) atoms. The van der Waals surface area contributed by atoms with Crippen molar-refractivity contribution < 1.29 is 14.8 Å². The van der Waals surface area contributed by atoms with E-state index in [4.69, 9.17) is 5.11 Å². The zero-order chi connectivity index (χ0) is 15.4. The lowest BCUT2D eigenvalue weighted by molar-refractivity contribution is -0.384. The number of nitrogens with zero attached hydrogens (tertiary/aromatic N) is 3. The van der Waals surface area contributed by atoms with E-state index < -0.39 is 10.9 Å². The van der Waals surface area contributed by atoms with Gasteiger partial charge in [0.15, 0.2) is 0 Å². The lowest BCUT2D eigenvalue weighted by atomic mass is 10.1. The topological polar surface area (TPSA) is 109 Å². The van der Waals surface area contributed by atoms with Crippen molar-refractivity contribution in [1.29, 1.82) is 0 Å². The van der Waals surface area contributed by atoms with E-state index in [1.54, 1.807) is 0 Å². The van der Waals surface area contributed by atoms with E-state index in [9.17, 15) is 14.9 Å². The predicted molar refractivity (Wildman–Crippen MR) is 76.6 cm³/mol. The number of aromatic nitrogens is 1. The van der Waals surface area contributed by atoms with Crippen LogP contribution in [0.5, 0.6) is 0 Å². The molecule has 2 heterocycles. The molecule has 1 fully saturated rings. The number of carboxylic acid groups (broad SMARTS) is 1. The van der Waals surface area contributed by atoms with Crippen LogP contribution in [0.15, 0.2) is 12.3 Å². The van der Waals surface area contributed by atoms with Crippen molar-refractivity contribution in [2.75, 3.05) is 25.0 Å². The molecule has 0 radical (unpaired) electrons. The van der Waals surface area contributed by atoms with Crippen molar-refractivity contribution in [3.8, 4) is 0 Å². The first-order chi connectivity index (χ1) is 10.0. The van der Waals surface area contributed by atoms with Gasteiger partial charge in [-0.2, -0.15) is 0 Å². The van der Waals surface area contributed by atoms with Crippen LogP contribution in [0.1, 0.15) is 30.1 Å². The minimum Gasteiger partial charge on any atom is -0.478 e. The quantitative estimate of drug-likeness (QED) is 0.627. The summed E-state index contributed by atoms with van der Waals surface area (Å²) in [6, 6.07) is 1.12. The molecule has 0 aliphatic carbocycles. The third-order valence-corrected chi connectivity index (χ3v) is 3.60. The standard InChI is InChI=1S/C13H18N4O4/c1-2-16-5-3-4-10(8-16)15-12-11(17(20)21)6-9(7-14-12)13(18)19/h6-7,10H,2-5,8H2,1H3,(H,14,15)(H,18,19). The number of hydrogen-bond donors (Lipinski definition) is 2. The van der Waals surface area contributed by atoms with Crippen molar-refractivity contribution >= 4 is 17.5 Å². The number of carboxylic acids is 1. The van der Waals surface area contributed by atoms with Crippen molar-refractivity contribution in [3.05, 3.63) is 27.9 Å². The van der Waals surface area contributed by atoms with Crippen LogP contribution in [0.3, 0.4) is 0 Å². The molecule has 8 nitrogen and oxygen atoms in total. The highest BCUT2D eigenvalue weighted by Gasteiger charge is 2.24. The van der Waals surface area contributed by atoms with Crippen LogP contribution in [0, 0.1) is 10.1 Å². The van der Waals surface area contributed by atoms with Gasteiger partial charge >= 0.3 is 11.7 Å². The lowest BCUT2D eigenvalue weighted by Gasteiger charge is -2.32. The van der Waals surface area contributed by atoms with Crippen molar-refractivity contribution in [2.45, 2.75) is 25.8 Å². The number of nitro groups is 1. The zero-order valence-corrected chi connectivity index (χ0v) is 11.8. The third-order valence-electron chi connectivity index (χ3n) is 3.60. The van der Waals surface area contributed by atoms with Gasteiger partial charge in [-0.15, -0.1) is 0 Å². The maximum absolute atomic E-state index is 11.1. The Labute approximate surface area is 121 Å². The van der Waals surface area contributed by atoms with E-state index >= 15 is 0 Å². The van der Waals surface area contributed by atoms with Crippen LogP contribution < -0.4 is 5.32 Å². The van der Waals surface area contributed by atoms with Crippen LogP contribution in [-0.2, 0) is 0 Å². The van der Waals surface area contributed by atoms with E-state index in [1.165, 1.54) is 0 Å². The van der Waals surface area contributed by atoms with Gasteiger partial charge in [0.25, 0.3) is 0 Å². The fraction of sp³-hybridized carbons (Fsp3) is 0.538. The maximum atomic E-state index is 11.1. The molecule has 1 atom stereocenters. The summed E-state index contributed by atoms with van der Waals surface area (Å²) in [5.74, 6) is -1.10. The molecule has 1 aliphatic heterocycles. The summed E-state index contributed by atoms with van der Waals surface area (Å²) in [5.41, 5.74) is -0.491. The second-order valence-corrected chi connectivity index (χ2v) is 5.03. The summed E-state index contributed by atoms with van der Waals surface area (Å²) in [4.78, 5) is 27.5. The Morgan fingerprint density at radius 3 is 3.05 bits per heavy atom. The van der Waals surface area contributed by atoms with Crippen LogP contribution in [-0.4, -0.2) is 51.6 Å². The van der Waals surface area contributed by atoms with Gasteiger partial charge in [-0.1, -0.05) is 6.92 Å². The minimum atomic E-state index is -1.23. The Kier molecular flexibility index (Phi) is 4.69. The van der Waals surface area contributed by atoms with Crippen LogP contribution >= 0.6 is 0 Å². The molecule has 0 spiro atoms. The summed E-state index contributed by atoms with van der Waals surface area (Å²) in [6.07, 6.45) is 3.07. The Balaban J connectivity index is 2.19. The average molecular weight is 294 g/mol. The molecular formula is C13H18N4O4. The smallest absolute Gasteiger partial charge is 0.337 e. The number of pyridine rings is 1. The Morgan fingerprint density at radius 1 is 1.67 bits per heavy atom. The monoisotopic (exact) mass is 294 g/mol. The third kappa shape index (κ3) is 3.66. The summed E-state index contributed by atoms with van der Waals surface area (Å²) in [5, 5.41) is 23.0. The molecule has 1 unspecified atom stereocenters. The van der Waals surface area contributed by atoms with E-state index in [2.05, 4.69) is 22.1 Å². The Hall–Kier alpha value is -2.22. The Bertz CT molecular complexity index is 549. The molecule has 1 aromatic heterocycles. The fourth-order valence-corrected chi connectivity index (χ4v) is 2.47. The number of anilines is 1. The maximum Gasteiger partial charge on any atom is 0.337 e. The largest absolute Gasteiger partial charge is 0.478 e. The van der Waals surface area contributed by atoms with Crippen LogP contribution in [0.2, 0.25) is 0 Å². The number of piperidine rings is 1. The molecular weight excluding hydrogens is 276 g/mol. The van der Waals surface area contributed by atoms with Gasteiger partial charge in [-0.25, -0.2) is 9.78 Å². The molecule has 2 N–H and O–H groups in total. The van der Waals surface area contributed by atoms with Crippen molar-refractivity contribution in [3.63, 3.8) is 0 Å². The molecule has 1 saturated heterocycles. The van der Waals surface area contributed by atoms with Crippen LogP contribution in [0.25, 0.3) is 0 Å². The number of hydrogen-bond acceptors (Lipinski definition) is 6. The molecule has 0 aromatic carbocycles. The highest BCUT2D eigenvalue weighted by molar-refractivity contribution is 5.88. The summed E-state index contributed by atoms with van der Waals surface area (Å²) in [7, 11) is 0. The van der Waals surface area contributed by atoms with Gasteiger partial charge < -0.3 is 15.3 Å². The molecule has 8 heteroatoms. The number of likely N-dealkylation sites (N-methyl/N-ethyl adjacent to an activating group) is 1. The van der Waals surface area contributed by atoms with Gasteiger partial charge in [-0.3, -0.25) is 10.1 Å². The second-order valence-electron chi connectivity index (χ2n) is 5.03. The predicted octanol–water partition coefficient (Wildman–Crippen LogP) is 1.58. The molecule has 114 valence electrons. The number of likely N-dealkylation sites (tertiary alicyclic amines) is 1. The summed E-state index contributed by atoms with van der Waals surface area (Å²) >= 11 is 0. The van der Waals surface area contributed by atoms with E-state index in [0.29, 0.717) is 0 Å². The summed E-state index contributed by atoms with van der Waals surface area (Å²) < 4.78 is 0. The van der Waals surface area contributed by atoms with Gasteiger partial charge in [0.1, 0.15) is 0 Å². The van der Waals surface area contributed by atoms with E-state index in [1.807, 2.05) is 0 Å². The minimum absolute atomic E-state index is 0.0839. The molecule has 2 rings (SSSR count). The SMILES string of the molecule is CCN1CCCC(Nc2ncc(C(=O)O)cc2[N+](=O)[O-])C1. The van der Waals surface area contributed by atoms with Crippen molar-refractivity contribution in [1.82, 2.24) is 9.88 Å². The molecule has 0 saturated carbocycles. The average Bonchev–Trinajstić information content (AvgIpc) is 2.47. The highest BCUT2D eigenvalue weighted by Crippen LogP contribution is 2.25. The first-order valence-electron chi connectivity index (χ1n) is 6.88. The molecule has 0 amide bonds. The first kappa shape index (κ1) is 15.2. The van der Waals surface area contributed by atoms with Gasteiger partial charge in [0, 0.05) is 24.8 Å². The highest BCUT2D eigenvalue weighted by atomic mass is 16.6. The zero-order valence-electron chi connectivity index (χ0n) is 11.8. The molecule has 0 bridgehead atoms. The number of nitrogens with one attached hydrogen (secondary N) is 1. The number of carbonyl (C=O) groups is 1. The molecule has 1 aromatic rings. The lowest BCUT2D eigenvalue weighted by Crippen LogP contribution is -2.42. The van der Waals surface area contributed by atoms with Crippen LogP contribution in [0.4, 0.5) is 11.5 Å². The van der Waals surface area contributed by atoms with Gasteiger partial charge in [0.05, 0.1) is 10.5 Å². The normalized spacial score (nSPS) is 19.2. The van der Waals surface area contributed by atoms with Crippen molar-refractivity contribution in [2.24, 2.45) is 0 Å². The van der Waals surface area contributed by atoms with E-state index in [-0.39, 0.29) is 23.1 Å². The Morgan fingerprint density at radius 2 is 2.43 bits per heavy atom. The second kappa shape index (κ2) is 6.49. The summed E-state index contributed by atoms with van der Waals surface area (Å²) in [6.45, 7) is 4.84. The van der Waals surface area contributed by atoms with E-state index in [0.717, 1.165) is 44.7 Å². The number of aromatic carboxylic acids is 1. The van der Waals surface area contributed by atoms with Gasteiger partial charge in [0.2, 0.25) is 5.82 Å². The fourth-order valence-electron chi connectivity index (χ4n) is 2.47. The number of rotatable bonds is 5. The molecule has 1 aliphatic rings. The van der Waals surface area contributed by atoms with Gasteiger partial charge in [-0.05, 0) is 25.9 Å².